The fourth-order valence-corrected chi connectivity index (χ4v) is 2.45. The second-order valence-corrected chi connectivity index (χ2v) is 5.42. The van der Waals surface area contributed by atoms with E-state index in [-0.39, 0.29) is 11.4 Å². The number of rotatable bonds is 4. The Labute approximate surface area is 108 Å². The number of anilines is 1. The molecule has 18 heavy (non-hydrogen) atoms. The minimum absolute atomic E-state index is 0.130. The van der Waals surface area contributed by atoms with E-state index >= 15 is 0 Å². The van der Waals surface area contributed by atoms with E-state index in [9.17, 15) is 4.79 Å². The van der Waals surface area contributed by atoms with Crippen LogP contribution in [0.15, 0.2) is 18.2 Å². The lowest BCUT2D eigenvalue weighted by Gasteiger charge is -2.35. The summed E-state index contributed by atoms with van der Waals surface area (Å²) in [5.41, 5.74) is 14.3. The molecular formula is C14H21N3O. The van der Waals surface area contributed by atoms with E-state index in [1.165, 1.54) is 5.56 Å². The van der Waals surface area contributed by atoms with Crippen LogP contribution in [0.5, 0.6) is 0 Å². The van der Waals surface area contributed by atoms with Crippen LogP contribution < -0.4 is 16.4 Å². The molecule has 1 heterocycles. The second kappa shape index (κ2) is 4.71. The first-order valence-corrected chi connectivity index (χ1v) is 6.34. The van der Waals surface area contributed by atoms with Gasteiger partial charge in [-0.2, -0.15) is 0 Å². The Balaban J connectivity index is 2.38. The quantitative estimate of drug-likeness (QED) is 0.827. The highest BCUT2D eigenvalue weighted by molar-refractivity contribution is 6.02. The third-order valence-electron chi connectivity index (χ3n) is 3.51. The summed E-state index contributed by atoms with van der Waals surface area (Å²) in [5, 5.41) is 0. The smallest absolute Gasteiger partial charge is 0.232 e. The van der Waals surface area contributed by atoms with Gasteiger partial charge in [-0.3, -0.25) is 4.79 Å². The lowest BCUT2D eigenvalue weighted by molar-refractivity contribution is -0.118. The molecule has 1 aromatic carbocycles. The predicted octanol–water partition coefficient (Wildman–Crippen LogP) is 0.814. The number of fused-ring (bicyclic) bond motifs is 1. The largest absolute Gasteiger partial charge is 0.330 e. The highest BCUT2D eigenvalue weighted by Crippen LogP contribution is 2.34. The maximum absolute atomic E-state index is 12.2. The Morgan fingerprint density at radius 2 is 2.06 bits per heavy atom. The zero-order valence-corrected chi connectivity index (χ0v) is 11.1. The van der Waals surface area contributed by atoms with Crippen LogP contribution in [0.1, 0.15) is 25.0 Å². The monoisotopic (exact) mass is 247 g/mol. The molecule has 4 nitrogen and oxygen atoms in total. The van der Waals surface area contributed by atoms with Gasteiger partial charge in [0.15, 0.2) is 0 Å². The summed E-state index contributed by atoms with van der Waals surface area (Å²) in [6.45, 7) is 5.06. The molecule has 0 unspecified atom stereocenters. The van der Waals surface area contributed by atoms with E-state index in [2.05, 4.69) is 6.07 Å². The maximum atomic E-state index is 12.2. The molecule has 1 aliphatic heterocycles. The van der Waals surface area contributed by atoms with Crippen molar-refractivity contribution >= 4 is 11.6 Å². The highest BCUT2D eigenvalue weighted by atomic mass is 16.2. The van der Waals surface area contributed by atoms with Gasteiger partial charge in [-0.25, -0.2) is 0 Å². The van der Waals surface area contributed by atoms with Gasteiger partial charge in [0.1, 0.15) is 0 Å². The number of nitrogens with zero attached hydrogens (tertiary/aromatic N) is 1. The van der Waals surface area contributed by atoms with Gasteiger partial charge in [-0.15, -0.1) is 0 Å². The van der Waals surface area contributed by atoms with Gasteiger partial charge in [0.05, 0.1) is 12.0 Å². The minimum Gasteiger partial charge on any atom is -0.330 e. The molecule has 2 rings (SSSR count). The lowest BCUT2D eigenvalue weighted by atomic mass is 10.0. The first kappa shape index (κ1) is 13.1. The Kier molecular flexibility index (Phi) is 3.41. The molecule has 0 radical (unpaired) electrons. The predicted molar refractivity (Wildman–Crippen MR) is 73.5 cm³/mol. The maximum Gasteiger partial charge on any atom is 0.232 e. The molecule has 0 spiro atoms. The normalized spacial score (nSPS) is 15.1. The topological polar surface area (TPSA) is 72.3 Å². The number of hydrogen-bond acceptors (Lipinski definition) is 3. The molecule has 1 amide bonds. The number of benzene rings is 1. The Hall–Kier alpha value is -1.39. The van der Waals surface area contributed by atoms with Crippen molar-refractivity contribution < 1.29 is 4.79 Å². The zero-order valence-electron chi connectivity index (χ0n) is 11.1. The summed E-state index contributed by atoms with van der Waals surface area (Å²) in [4.78, 5) is 14.0. The molecule has 4 heteroatoms. The van der Waals surface area contributed by atoms with Crippen LogP contribution in [0, 0.1) is 0 Å². The molecular weight excluding hydrogens is 226 g/mol. The Morgan fingerprint density at radius 1 is 1.33 bits per heavy atom. The van der Waals surface area contributed by atoms with Gasteiger partial charge in [-0.1, -0.05) is 12.1 Å². The van der Waals surface area contributed by atoms with Crippen LogP contribution >= 0.6 is 0 Å². The van der Waals surface area contributed by atoms with Crippen LogP contribution in [-0.2, 0) is 17.6 Å². The Bertz CT molecular complexity index is 468. The van der Waals surface area contributed by atoms with Crippen molar-refractivity contribution in [1.29, 1.82) is 0 Å². The van der Waals surface area contributed by atoms with E-state index in [1.807, 2.05) is 30.9 Å². The van der Waals surface area contributed by atoms with E-state index in [1.54, 1.807) is 0 Å². The molecule has 1 aromatic rings. The average molecular weight is 247 g/mol. The molecule has 1 aliphatic rings. The van der Waals surface area contributed by atoms with Crippen molar-refractivity contribution in [2.45, 2.75) is 32.2 Å². The zero-order chi connectivity index (χ0) is 13.3. The van der Waals surface area contributed by atoms with Crippen LogP contribution in [-0.4, -0.2) is 24.5 Å². The van der Waals surface area contributed by atoms with E-state index in [0.29, 0.717) is 19.5 Å². The molecule has 0 fully saturated rings. The van der Waals surface area contributed by atoms with E-state index < -0.39 is 0 Å². The first-order chi connectivity index (χ1) is 8.49. The number of amides is 1. The standard InChI is InChI=1S/C14H21N3O/c1-14(2,9-16)17-12-4-3-10(5-6-15)7-11(12)8-13(17)18/h3-4,7H,5-6,8-9,15-16H2,1-2H3. The van der Waals surface area contributed by atoms with Crippen LogP contribution in [0.25, 0.3) is 0 Å². The fraction of sp³-hybridized carbons (Fsp3) is 0.500. The van der Waals surface area contributed by atoms with Gasteiger partial charge in [0, 0.05) is 12.2 Å². The number of carbonyl (C=O) groups is 1. The van der Waals surface area contributed by atoms with E-state index in [0.717, 1.165) is 17.7 Å². The van der Waals surface area contributed by atoms with Gasteiger partial charge in [0.25, 0.3) is 0 Å². The average Bonchev–Trinajstić information content (AvgIpc) is 2.65. The Morgan fingerprint density at radius 3 is 2.67 bits per heavy atom. The summed E-state index contributed by atoms with van der Waals surface area (Å²) < 4.78 is 0. The molecule has 0 aromatic heterocycles. The third kappa shape index (κ3) is 2.13. The molecule has 0 bridgehead atoms. The molecule has 0 atom stereocenters. The third-order valence-corrected chi connectivity index (χ3v) is 3.51. The van der Waals surface area contributed by atoms with Crippen molar-refractivity contribution in [1.82, 2.24) is 0 Å². The SMILES string of the molecule is CC(C)(CN)N1C(=O)Cc2cc(CCN)ccc21. The summed E-state index contributed by atoms with van der Waals surface area (Å²) >= 11 is 0. The summed E-state index contributed by atoms with van der Waals surface area (Å²) in [6.07, 6.45) is 1.32. The van der Waals surface area contributed by atoms with Gasteiger partial charge in [0.2, 0.25) is 5.91 Å². The van der Waals surface area contributed by atoms with Gasteiger partial charge in [-0.05, 0) is 44.0 Å². The van der Waals surface area contributed by atoms with Crippen molar-refractivity contribution in [2.75, 3.05) is 18.0 Å². The summed E-state index contributed by atoms with van der Waals surface area (Å²) in [5.74, 6) is 0.130. The molecule has 98 valence electrons. The van der Waals surface area contributed by atoms with Crippen LogP contribution in [0.3, 0.4) is 0 Å². The molecule has 0 saturated carbocycles. The highest BCUT2D eigenvalue weighted by Gasteiger charge is 2.37. The second-order valence-electron chi connectivity index (χ2n) is 5.42. The minimum atomic E-state index is -0.336. The fourth-order valence-electron chi connectivity index (χ4n) is 2.45. The number of hydrogen-bond donors (Lipinski definition) is 2. The lowest BCUT2D eigenvalue weighted by Crippen LogP contribution is -2.51. The van der Waals surface area contributed by atoms with Crippen molar-refractivity contribution in [3.8, 4) is 0 Å². The summed E-state index contributed by atoms with van der Waals surface area (Å²) in [7, 11) is 0. The molecule has 0 saturated heterocycles. The number of nitrogens with two attached hydrogens (primary N) is 2. The van der Waals surface area contributed by atoms with Crippen molar-refractivity contribution in [3.05, 3.63) is 29.3 Å². The number of carbonyl (C=O) groups excluding carboxylic acids is 1. The summed E-state index contributed by atoms with van der Waals surface area (Å²) in [6, 6.07) is 6.15. The van der Waals surface area contributed by atoms with Crippen molar-refractivity contribution in [2.24, 2.45) is 11.5 Å². The van der Waals surface area contributed by atoms with Crippen LogP contribution in [0.4, 0.5) is 5.69 Å². The first-order valence-electron chi connectivity index (χ1n) is 6.34. The molecule has 0 aliphatic carbocycles. The van der Waals surface area contributed by atoms with Gasteiger partial charge >= 0.3 is 0 Å². The van der Waals surface area contributed by atoms with Crippen molar-refractivity contribution in [3.63, 3.8) is 0 Å². The van der Waals surface area contributed by atoms with Gasteiger partial charge < -0.3 is 16.4 Å². The van der Waals surface area contributed by atoms with E-state index in [4.69, 9.17) is 11.5 Å². The van der Waals surface area contributed by atoms with Crippen LogP contribution in [0.2, 0.25) is 0 Å². The molecule has 4 N–H and O–H groups in total.